The summed E-state index contributed by atoms with van der Waals surface area (Å²) < 4.78 is 0. The van der Waals surface area contributed by atoms with E-state index >= 15 is 0 Å². The maximum atomic E-state index is 12.5. The predicted octanol–water partition coefficient (Wildman–Crippen LogP) is 8.78. The number of carboxylic acids is 2. The molecule has 0 heterocycles. The number of thioether (sulfide) groups is 2. The maximum Gasteiger partial charge on any atom is 0.338 e. The molecule has 0 spiro atoms. The first-order valence-electron chi connectivity index (χ1n) is 11.0. The number of nitro groups is 1. The van der Waals surface area contributed by atoms with E-state index < -0.39 is 28.3 Å². The Labute approximate surface area is 263 Å². The number of nitrogens with one attached hydrogen (secondary N) is 1. The average molecular weight is 678 g/mol. The van der Waals surface area contributed by atoms with Crippen LogP contribution >= 0.6 is 69.9 Å². The van der Waals surface area contributed by atoms with Crippen LogP contribution in [0.3, 0.4) is 0 Å². The van der Waals surface area contributed by atoms with E-state index in [4.69, 9.17) is 51.5 Å². The number of rotatable bonds is 8. The third-order valence-corrected chi connectivity index (χ3v) is 8.56. The zero-order valence-corrected chi connectivity index (χ0v) is 26.0. The van der Waals surface area contributed by atoms with Crippen LogP contribution in [0.5, 0.6) is 0 Å². The standard InChI is InChI=1S/C15H9Cl4NO3S.C11H11NO4S/c1-24-7-4-2-6(3-5-7)20-14(21)8-9(15(22)23)11(17)13(19)12(18)10(8)16;1-7(5-11(13)14)9-6-8(12(15)16)3-4-10(9)17-2/h2-5H,1H3,(H,20,21)(H,22,23);3-6H,1-2H3,(H,13,14). The molecule has 0 aromatic heterocycles. The van der Waals surface area contributed by atoms with Gasteiger partial charge in [-0.1, -0.05) is 46.4 Å². The molecule has 0 atom stereocenters. The summed E-state index contributed by atoms with van der Waals surface area (Å²) in [7, 11) is 0. The second kappa shape index (κ2) is 15.3. The number of non-ortho nitro benzene ring substituents is 1. The summed E-state index contributed by atoms with van der Waals surface area (Å²) in [5.74, 6) is -3.26. The smallest absolute Gasteiger partial charge is 0.338 e. The van der Waals surface area contributed by atoms with E-state index in [2.05, 4.69) is 5.32 Å². The average Bonchev–Trinajstić information content (AvgIpc) is 2.93. The van der Waals surface area contributed by atoms with Gasteiger partial charge in [0.15, 0.2) is 0 Å². The van der Waals surface area contributed by atoms with Crippen molar-refractivity contribution in [1.82, 2.24) is 0 Å². The first kappa shape index (κ1) is 34.3. The van der Waals surface area contributed by atoms with Crippen molar-refractivity contribution in [2.45, 2.75) is 16.7 Å². The van der Waals surface area contributed by atoms with Crippen molar-refractivity contribution in [1.29, 1.82) is 0 Å². The number of nitrogens with zero attached hydrogens (tertiary/aromatic N) is 1. The molecule has 0 radical (unpaired) electrons. The summed E-state index contributed by atoms with van der Waals surface area (Å²) in [5, 5.41) is 30.2. The summed E-state index contributed by atoms with van der Waals surface area (Å²) in [6, 6.07) is 11.4. The molecule has 3 aromatic carbocycles. The lowest BCUT2D eigenvalue weighted by molar-refractivity contribution is -0.384. The number of benzene rings is 3. The Morgan fingerprint density at radius 3 is 1.90 bits per heavy atom. The van der Waals surface area contributed by atoms with Gasteiger partial charge in [-0.3, -0.25) is 14.9 Å². The second-order valence-electron chi connectivity index (χ2n) is 7.80. The highest BCUT2D eigenvalue weighted by atomic mass is 35.5. The number of amides is 1. The molecule has 0 aliphatic heterocycles. The Morgan fingerprint density at radius 2 is 1.44 bits per heavy atom. The largest absolute Gasteiger partial charge is 0.478 e. The van der Waals surface area contributed by atoms with E-state index in [9.17, 15) is 29.6 Å². The molecule has 41 heavy (non-hydrogen) atoms. The number of hydrogen-bond acceptors (Lipinski definition) is 7. The molecular formula is C26H20Cl4N2O7S2. The Balaban J connectivity index is 0.000000305. The monoisotopic (exact) mass is 676 g/mol. The third kappa shape index (κ3) is 8.78. The number of halogens is 4. The number of carboxylic acid groups (broad SMARTS) is 2. The maximum absolute atomic E-state index is 12.5. The van der Waals surface area contributed by atoms with Crippen molar-refractivity contribution >= 4 is 105 Å². The highest BCUT2D eigenvalue weighted by Gasteiger charge is 2.28. The molecule has 0 saturated heterocycles. The molecule has 0 fully saturated rings. The normalized spacial score (nSPS) is 10.9. The van der Waals surface area contributed by atoms with Crippen molar-refractivity contribution in [2.24, 2.45) is 0 Å². The van der Waals surface area contributed by atoms with Gasteiger partial charge in [-0.25, -0.2) is 9.59 Å². The Kier molecular flexibility index (Phi) is 12.8. The summed E-state index contributed by atoms with van der Waals surface area (Å²) >= 11 is 26.7. The molecule has 15 heteroatoms. The molecule has 3 rings (SSSR count). The number of carbonyl (C=O) groups excluding carboxylic acids is 1. The van der Waals surface area contributed by atoms with Gasteiger partial charge in [0.25, 0.3) is 11.6 Å². The van der Waals surface area contributed by atoms with E-state index in [0.29, 0.717) is 16.8 Å². The van der Waals surface area contributed by atoms with E-state index in [1.54, 1.807) is 36.9 Å². The molecule has 3 N–H and O–H groups in total. The van der Waals surface area contributed by atoms with E-state index in [1.165, 1.54) is 23.9 Å². The van der Waals surface area contributed by atoms with Crippen LogP contribution in [0.4, 0.5) is 11.4 Å². The van der Waals surface area contributed by atoms with Gasteiger partial charge in [0, 0.05) is 33.7 Å². The number of hydrogen-bond donors (Lipinski definition) is 3. The zero-order chi connectivity index (χ0) is 31.0. The van der Waals surface area contributed by atoms with Gasteiger partial charge < -0.3 is 15.5 Å². The number of nitro benzene ring substituents is 1. The van der Waals surface area contributed by atoms with E-state index in [0.717, 1.165) is 15.9 Å². The summed E-state index contributed by atoms with van der Waals surface area (Å²) in [4.78, 5) is 46.5. The molecule has 0 bridgehead atoms. The Hall–Kier alpha value is -2.93. The van der Waals surface area contributed by atoms with Crippen LogP contribution in [0.25, 0.3) is 5.57 Å². The molecule has 0 unspecified atom stereocenters. The predicted molar refractivity (Wildman–Crippen MR) is 166 cm³/mol. The summed E-state index contributed by atoms with van der Waals surface area (Å²) in [6.45, 7) is 1.62. The fraction of sp³-hybridized carbons (Fsp3) is 0.115. The third-order valence-electron chi connectivity index (χ3n) is 5.21. The van der Waals surface area contributed by atoms with Crippen LogP contribution in [0.1, 0.15) is 33.2 Å². The van der Waals surface area contributed by atoms with Crippen LogP contribution in [-0.2, 0) is 4.79 Å². The number of anilines is 1. The molecule has 0 aliphatic rings. The lowest BCUT2D eigenvalue weighted by atomic mass is 10.1. The first-order valence-corrected chi connectivity index (χ1v) is 15.0. The number of aliphatic carboxylic acids is 1. The number of aromatic carboxylic acids is 1. The summed E-state index contributed by atoms with van der Waals surface area (Å²) in [5.41, 5.74) is 0.634. The molecule has 0 saturated carbocycles. The number of carbonyl (C=O) groups is 3. The van der Waals surface area contributed by atoms with Gasteiger partial charge in [-0.05, 0) is 60.9 Å². The molecule has 1 amide bonds. The topological polar surface area (TPSA) is 147 Å². The molecular weight excluding hydrogens is 658 g/mol. The van der Waals surface area contributed by atoms with Gasteiger partial charge >= 0.3 is 11.9 Å². The van der Waals surface area contributed by atoms with Gasteiger partial charge in [0.1, 0.15) is 0 Å². The van der Waals surface area contributed by atoms with Crippen molar-refractivity contribution in [3.63, 3.8) is 0 Å². The summed E-state index contributed by atoms with van der Waals surface area (Å²) in [6.07, 6.45) is 4.79. The molecule has 216 valence electrons. The van der Waals surface area contributed by atoms with Crippen LogP contribution < -0.4 is 5.32 Å². The van der Waals surface area contributed by atoms with Crippen molar-refractivity contribution in [3.05, 3.63) is 95.4 Å². The van der Waals surface area contributed by atoms with Crippen LogP contribution in [0.15, 0.2) is 58.3 Å². The number of allylic oxidation sites excluding steroid dienone is 1. The minimum atomic E-state index is -1.44. The van der Waals surface area contributed by atoms with E-state index in [-0.39, 0.29) is 31.3 Å². The Bertz CT molecular complexity index is 1550. The van der Waals surface area contributed by atoms with Crippen molar-refractivity contribution in [2.75, 3.05) is 17.8 Å². The minimum absolute atomic E-state index is 0.0454. The van der Waals surface area contributed by atoms with Gasteiger partial charge in [-0.15, -0.1) is 23.5 Å². The fourth-order valence-electron chi connectivity index (χ4n) is 3.29. The van der Waals surface area contributed by atoms with E-state index in [1.807, 2.05) is 24.6 Å². The molecule has 3 aromatic rings. The van der Waals surface area contributed by atoms with Crippen LogP contribution in [0, 0.1) is 10.1 Å². The lowest BCUT2D eigenvalue weighted by Gasteiger charge is -2.14. The zero-order valence-electron chi connectivity index (χ0n) is 21.3. The van der Waals surface area contributed by atoms with Crippen molar-refractivity contribution in [3.8, 4) is 0 Å². The highest BCUT2D eigenvalue weighted by Crippen LogP contribution is 2.42. The fourth-order valence-corrected chi connectivity index (χ4v) is 5.37. The van der Waals surface area contributed by atoms with Gasteiger partial charge in [-0.2, -0.15) is 0 Å². The first-order chi connectivity index (χ1) is 19.2. The molecule has 9 nitrogen and oxygen atoms in total. The minimum Gasteiger partial charge on any atom is -0.478 e. The molecule has 0 aliphatic carbocycles. The highest BCUT2D eigenvalue weighted by molar-refractivity contribution is 7.98. The van der Waals surface area contributed by atoms with Gasteiger partial charge in [0.2, 0.25) is 0 Å². The second-order valence-corrected chi connectivity index (χ2v) is 11.0. The van der Waals surface area contributed by atoms with Gasteiger partial charge in [0.05, 0.1) is 36.1 Å². The Morgan fingerprint density at radius 1 is 0.878 bits per heavy atom. The quantitative estimate of drug-likeness (QED) is 0.0531. The SMILES string of the molecule is CSc1ccc(NC(=O)c2c(Cl)c(Cl)c(Cl)c(Cl)c2C(=O)O)cc1.CSc1ccc([N+](=O)[O-])cc1C(C)=CC(=O)O. The van der Waals surface area contributed by atoms with Crippen LogP contribution in [-0.4, -0.2) is 45.5 Å². The van der Waals surface area contributed by atoms with Crippen LogP contribution in [0.2, 0.25) is 20.1 Å². The van der Waals surface area contributed by atoms with Crippen molar-refractivity contribution < 1.29 is 29.5 Å². The lowest BCUT2D eigenvalue weighted by Crippen LogP contribution is -2.18.